The molecule has 0 aliphatic heterocycles. The number of nitro benzene ring substituents is 1. The highest BCUT2D eigenvalue weighted by Crippen LogP contribution is 2.35. The molecule has 1 fully saturated rings. The summed E-state index contributed by atoms with van der Waals surface area (Å²) < 4.78 is 0. The second kappa shape index (κ2) is 8.54. The Balaban J connectivity index is 1.75. The maximum absolute atomic E-state index is 12.5. The van der Waals surface area contributed by atoms with Gasteiger partial charge in [-0.1, -0.05) is 29.5 Å². The summed E-state index contributed by atoms with van der Waals surface area (Å²) in [6.07, 6.45) is 3.46. The SMILES string of the molecule is Cc1ccc(Sc2ccc(C(=O)NC3CCC(N)CC3)cc2[N+](=O)[O-])cc1. The van der Waals surface area contributed by atoms with Crippen molar-refractivity contribution in [1.82, 2.24) is 5.32 Å². The summed E-state index contributed by atoms with van der Waals surface area (Å²) >= 11 is 1.32. The van der Waals surface area contributed by atoms with Crippen LogP contribution in [0.1, 0.15) is 41.6 Å². The fourth-order valence-electron chi connectivity index (χ4n) is 3.15. The number of hydrogen-bond acceptors (Lipinski definition) is 5. The molecule has 2 aromatic carbocycles. The average Bonchev–Trinajstić information content (AvgIpc) is 2.65. The van der Waals surface area contributed by atoms with E-state index in [4.69, 9.17) is 5.73 Å². The minimum Gasteiger partial charge on any atom is -0.349 e. The van der Waals surface area contributed by atoms with E-state index in [1.54, 1.807) is 12.1 Å². The van der Waals surface area contributed by atoms with Crippen LogP contribution in [0.3, 0.4) is 0 Å². The first-order valence-electron chi connectivity index (χ1n) is 9.02. The van der Waals surface area contributed by atoms with Crippen LogP contribution < -0.4 is 11.1 Å². The molecule has 7 heteroatoms. The van der Waals surface area contributed by atoms with Crippen LogP contribution in [-0.2, 0) is 0 Å². The van der Waals surface area contributed by atoms with E-state index in [2.05, 4.69) is 5.32 Å². The van der Waals surface area contributed by atoms with Crippen molar-refractivity contribution in [3.8, 4) is 0 Å². The molecule has 1 saturated carbocycles. The maximum Gasteiger partial charge on any atom is 0.284 e. The second-order valence-electron chi connectivity index (χ2n) is 6.94. The molecule has 2 aromatic rings. The fourth-order valence-corrected chi connectivity index (χ4v) is 4.05. The summed E-state index contributed by atoms with van der Waals surface area (Å²) in [6.45, 7) is 1.99. The number of hydrogen-bond donors (Lipinski definition) is 2. The lowest BCUT2D eigenvalue weighted by Gasteiger charge is -2.26. The van der Waals surface area contributed by atoms with Gasteiger partial charge in [0.05, 0.1) is 9.82 Å². The summed E-state index contributed by atoms with van der Waals surface area (Å²) in [5.41, 5.74) is 7.27. The Morgan fingerprint density at radius 3 is 2.44 bits per heavy atom. The highest BCUT2D eigenvalue weighted by molar-refractivity contribution is 7.99. The van der Waals surface area contributed by atoms with Crippen LogP contribution in [0.4, 0.5) is 5.69 Å². The predicted octanol–water partition coefficient (Wildman–Crippen LogP) is 4.05. The molecule has 0 unspecified atom stereocenters. The van der Waals surface area contributed by atoms with Gasteiger partial charge < -0.3 is 11.1 Å². The van der Waals surface area contributed by atoms with Gasteiger partial charge >= 0.3 is 0 Å². The molecular formula is C20H23N3O3S. The van der Waals surface area contributed by atoms with E-state index < -0.39 is 4.92 Å². The minimum atomic E-state index is -0.438. The second-order valence-corrected chi connectivity index (χ2v) is 8.06. The van der Waals surface area contributed by atoms with Crippen molar-refractivity contribution in [2.24, 2.45) is 5.73 Å². The van der Waals surface area contributed by atoms with Crippen molar-refractivity contribution in [3.63, 3.8) is 0 Å². The first kappa shape index (κ1) is 19.4. The number of nitrogens with zero attached hydrogens (tertiary/aromatic N) is 1. The van der Waals surface area contributed by atoms with Crippen LogP contribution in [0, 0.1) is 17.0 Å². The van der Waals surface area contributed by atoms with E-state index in [0.717, 1.165) is 36.1 Å². The molecule has 27 heavy (non-hydrogen) atoms. The van der Waals surface area contributed by atoms with E-state index in [9.17, 15) is 14.9 Å². The number of benzene rings is 2. The number of nitro groups is 1. The number of rotatable bonds is 5. The summed E-state index contributed by atoms with van der Waals surface area (Å²) in [7, 11) is 0. The number of aryl methyl sites for hydroxylation is 1. The van der Waals surface area contributed by atoms with Gasteiger partial charge in [0, 0.05) is 28.6 Å². The van der Waals surface area contributed by atoms with Gasteiger partial charge in [-0.05, 0) is 56.9 Å². The molecule has 0 aromatic heterocycles. The molecule has 142 valence electrons. The topological polar surface area (TPSA) is 98.3 Å². The summed E-state index contributed by atoms with van der Waals surface area (Å²) in [4.78, 5) is 25.0. The lowest BCUT2D eigenvalue weighted by molar-refractivity contribution is -0.387. The van der Waals surface area contributed by atoms with Crippen LogP contribution >= 0.6 is 11.8 Å². The molecule has 0 spiro atoms. The molecule has 3 N–H and O–H groups in total. The van der Waals surface area contributed by atoms with Crippen LogP contribution in [0.15, 0.2) is 52.3 Å². The summed E-state index contributed by atoms with van der Waals surface area (Å²) in [5.74, 6) is -0.273. The number of amides is 1. The molecule has 6 nitrogen and oxygen atoms in total. The third-order valence-corrected chi connectivity index (χ3v) is 5.85. The molecule has 0 saturated heterocycles. The Hall–Kier alpha value is -2.38. The minimum absolute atomic E-state index is 0.0566. The third-order valence-electron chi connectivity index (χ3n) is 4.77. The van der Waals surface area contributed by atoms with E-state index >= 15 is 0 Å². The van der Waals surface area contributed by atoms with Gasteiger partial charge in [-0.3, -0.25) is 14.9 Å². The number of nitrogens with one attached hydrogen (secondary N) is 1. The normalized spacial score (nSPS) is 19.5. The Morgan fingerprint density at radius 1 is 1.15 bits per heavy atom. The predicted molar refractivity (Wildman–Crippen MR) is 106 cm³/mol. The van der Waals surface area contributed by atoms with Gasteiger partial charge in [-0.2, -0.15) is 0 Å². The van der Waals surface area contributed by atoms with E-state index in [-0.39, 0.29) is 23.7 Å². The molecule has 0 atom stereocenters. The number of nitrogens with two attached hydrogens (primary N) is 1. The van der Waals surface area contributed by atoms with Gasteiger partial charge in [0.1, 0.15) is 0 Å². The molecule has 1 aliphatic rings. The van der Waals surface area contributed by atoms with Crippen LogP contribution in [-0.4, -0.2) is 22.9 Å². The maximum atomic E-state index is 12.5. The lowest BCUT2D eigenvalue weighted by Crippen LogP contribution is -2.40. The lowest BCUT2D eigenvalue weighted by atomic mass is 9.91. The van der Waals surface area contributed by atoms with Gasteiger partial charge in [-0.15, -0.1) is 0 Å². The summed E-state index contributed by atoms with van der Waals surface area (Å²) in [6, 6.07) is 12.7. The number of carbonyl (C=O) groups is 1. The molecule has 1 amide bonds. The van der Waals surface area contributed by atoms with Crippen molar-refractivity contribution >= 4 is 23.4 Å². The monoisotopic (exact) mass is 385 g/mol. The molecule has 1 aliphatic carbocycles. The van der Waals surface area contributed by atoms with E-state index in [1.807, 2.05) is 31.2 Å². The largest absolute Gasteiger partial charge is 0.349 e. The van der Waals surface area contributed by atoms with Gasteiger partial charge in [-0.25, -0.2) is 0 Å². The summed E-state index contributed by atoms with van der Waals surface area (Å²) in [5, 5.41) is 14.5. The van der Waals surface area contributed by atoms with Crippen LogP contribution in [0.2, 0.25) is 0 Å². The molecule has 0 radical (unpaired) electrons. The third kappa shape index (κ3) is 5.08. The van der Waals surface area contributed by atoms with Crippen molar-refractivity contribution in [2.75, 3.05) is 0 Å². The van der Waals surface area contributed by atoms with Crippen molar-refractivity contribution in [3.05, 3.63) is 63.7 Å². The molecular weight excluding hydrogens is 362 g/mol. The van der Waals surface area contributed by atoms with Gasteiger partial charge in [0.25, 0.3) is 11.6 Å². The zero-order chi connectivity index (χ0) is 19.4. The van der Waals surface area contributed by atoms with Crippen molar-refractivity contribution in [2.45, 2.75) is 54.5 Å². The van der Waals surface area contributed by atoms with Gasteiger partial charge in [0.2, 0.25) is 0 Å². The first-order valence-corrected chi connectivity index (χ1v) is 9.83. The van der Waals surface area contributed by atoms with Crippen molar-refractivity contribution in [1.29, 1.82) is 0 Å². The van der Waals surface area contributed by atoms with E-state index in [0.29, 0.717) is 10.5 Å². The Kier molecular flexibility index (Phi) is 6.13. The Bertz CT molecular complexity index is 831. The zero-order valence-corrected chi connectivity index (χ0v) is 16.0. The Labute approximate surface area is 162 Å². The number of carbonyl (C=O) groups excluding carboxylic acids is 1. The highest BCUT2D eigenvalue weighted by atomic mass is 32.2. The average molecular weight is 385 g/mol. The Morgan fingerprint density at radius 2 is 1.81 bits per heavy atom. The molecule has 0 bridgehead atoms. The van der Waals surface area contributed by atoms with E-state index in [1.165, 1.54) is 17.8 Å². The molecule has 0 heterocycles. The zero-order valence-electron chi connectivity index (χ0n) is 15.2. The quantitative estimate of drug-likeness (QED) is 0.597. The first-order chi connectivity index (χ1) is 12.9. The smallest absolute Gasteiger partial charge is 0.284 e. The fraction of sp³-hybridized carbons (Fsp3) is 0.350. The highest BCUT2D eigenvalue weighted by Gasteiger charge is 2.23. The van der Waals surface area contributed by atoms with Crippen LogP contribution in [0.5, 0.6) is 0 Å². The van der Waals surface area contributed by atoms with Crippen LogP contribution in [0.25, 0.3) is 0 Å². The van der Waals surface area contributed by atoms with Gasteiger partial charge in [0.15, 0.2) is 0 Å². The van der Waals surface area contributed by atoms with Crippen molar-refractivity contribution < 1.29 is 9.72 Å². The molecule has 3 rings (SSSR count). The standard InChI is InChI=1S/C20H23N3O3S/c1-13-2-9-17(10-3-13)27-19-11-4-14(12-18(19)23(25)26)20(24)22-16-7-5-15(21)6-8-16/h2-4,9-12,15-16H,5-8,21H2,1H3,(H,22,24).